The summed E-state index contributed by atoms with van der Waals surface area (Å²) in [5, 5.41) is 0. The van der Waals surface area contributed by atoms with Crippen LogP contribution in [-0.2, 0) is 4.74 Å². The summed E-state index contributed by atoms with van der Waals surface area (Å²) in [5.74, 6) is 0. The zero-order valence-electron chi connectivity index (χ0n) is 5.97. The molecule has 2 N–H and O–H groups in total. The Labute approximate surface area is 56.4 Å². The van der Waals surface area contributed by atoms with E-state index in [4.69, 9.17) is 10.5 Å². The van der Waals surface area contributed by atoms with Crippen LogP contribution in [0.3, 0.4) is 0 Å². The Kier molecular flexibility index (Phi) is 2.49. The van der Waals surface area contributed by atoms with Crippen LogP contribution in [0, 0.1) is 0 Å². The lowest BCUT2D eigenvalue weighted by Gasteiger charge is -2.26. The summed E-state index contributed by atoms with van der Waals surface area (Å²) in [6, 6.07) is 0.200. The summed E-state index contributed by atoms with van der Waals surface area (Å²) in [6.07, 6.45) is 4.36. The van der Waals surface area contributed by atoms with Gasteiger partial charge in [-0.25, -0.2) is 0 Å². The molecular weight excluding hydrogens is 114 g/mol. The van der Waals surface area contributed by atoms with E-state index in [0.29, 0.717) is 6.10 Å². The van der Waals surface area contributed by atoms with Crippen molar-refractivity contribution >= 4 is 0 Å². The van der Waals surface area contributed by atoms with Gasteiger partial charge in [0.05, 0.1) is 12.7 Å². The van der Waals surface area contributed by atoms with Gasteiger partial charge < -0.3 is 10.5 Å². The Hall–Kier alpha value is -0.0800. The Morgan fingerprint density at radius 2 is 2.33 bits per heavy atom. The third kappa shape index (κ3) is 2.33. The fourth-order valence-electron chi connectivity index (χ4n) is 0.825. The van der Waals surface area contributed by atoms with Crippen LogP contribution in [0.15, 0.2) is 0 Å². The summed E-state index contributed by atoms with van der Waals surface area (Å²) in [4.78, 5) is 0. The zero-order chi connectivity index (χ0) is 6.69. The van der Waals surface area contributed by atoms with Crippen molar-refractivity contribution in [3.63, 3.8) is 0 Å². The van der Waals surface area contributed by atoms with Crippen LogP contribution in [0.4, 0.5) is 0 Å². The van der Waals surface area contributed by atoms with Gasteiger partial charge in [-0.3, -0.25) is 0 Å². The molecule has 0 aromatic carbocycles. The molecule has 0 aromatic heterocycles. The highest BCUT2D eigenvalue weighted by atomic mass is 16.5. The normalized spacial score (nSPS) is 23.3. The molecule has 0 aliphatic heterocycles. The average molecular weight is 129 g/mol. The van der Waals surface area contributed by atoms with Crippen LogP contribution in [0.2, 0.25) is 0 Å². The van der Waals surface area contributed by atoms with E-state index >= 15 is 0 Å². The molecule has 1 saturated carbocycles. The predicted molar refractivity (Wildman–Crippen MR) is 37.2 cm³/mol. The molecule has 0 radical (unpaired) electrons. The van der Waals surface area contributed by atoms with Gasteiger partial charge in [0.1, 0.15) is 0 Å². The van der Waals surface area contributed by atoms with E-state index < -0.39 is 0 Å². The van der Waals surface area contributed by atoms with Crippen molar-refractivity contribution in [2.45, 2.75) is 38.3 Å². The van der Waals surface area contributed by atoms with E-state index in [1.54, 1.807) is 0 Å². The number of ether oxygens (including phenoxy) is 1. The molecule has 0 spiro atoms. The Morgan fingerprint density at radius 1 is 1.67 bits per heavy atom. The average Bonchev–Trinajstić information content (AvgIpc) is 1.60. The van der Waals surface area contributed by atoms with Crippen molar-refractivity contribution in [1.29, 1.82) is 0 Å². The van der Waals surface area contributed by atoms with Crippen LogP contribution in [0.25, 0.3) is 0 Å². The van der Waals surface area contributed by atoms with Crippen molar-refractivity contribution in [3.05, 3.63) is 0 Å². The number of rotatable bonds is 3. The number of hydrogen-bond acceptors (Lipinski definition) is 2. The van der Waals surface area contributed by atoms with Gasteiger partial charge in [0.2, 0.25) is 0 Å². The van der Waals surface area contributed by atoms with E-state index in [-0.39, 0.29) is 6.04 Å². The van der Waals surface area contributed by atoms with E-state index in [1.165, 1.54) is 19.3 Å². The minimum Gasteiger partial charge on any atom is -0.377 e. The lowest BCUT2D eigenvalue weighted by atomic mass is 9.96. The first kappa shape index (κ1) is 7.03. The smallest absolute Gasteiger partial charge is 0.0618 e. The number of nitrogens with two attached hydrogens (primary N) is 1. The van der Waals surface area contributed by atoms with Crippen LogP contribution in [0.5, 0.6) is 0 Å². The third-order valence-electron chi connectivity index (χ3n) is 1.65. The molecular formula is C7H15NO. The molecule has 2 nitrogen and oxygen atoms in total. The fraction of sp³-hybridized carbons (Fsp3) is 1.00. The zero-order valence-corrected chi connectivity index (χ0v) is 5.97. The first-order valence-corrected chi connectivity index (χ1v) is 3.66. The second-order valence-electron chi connectivity index (χ2n) is 2.86. The van der Waals surface area contributed by atoms with Crippen molar-refractivity contribution in [3.8, 4) is 0 Å². The second kappa shape index (κ2) is 3.18. The van der Waals surface area contributed by atoms with Crippen molar-refractivity contribution in [2.75, 3.05) is 6.61 Å². The summed E-state index contributed by atoms with van der Waals surface area (Å²) in [7, 11) is 0. The molecule has 0 unspecified atom stereocenters. The van der Waals surface area contributed by atoms with E-state index in [0.717, 1.165) is 6.61 Å². The largest absolute Gasteiger partial charge is 0.377 e. The van der Waals surface area contributed by atoms with Gasteiger partial charge in [0, 0.05) is 6.04 Å². The maximum absolute atomic E-state index is 5.49. The molecule has 2 heteroatoms. The third-order valence-corrected chi connectivity index (χ3v) is 1.65. The summed E-state index contributed by atoms with van der Waals surface area (Å²) >= 11 is 0. The van der Waals surface area contributed by atoms with Crippen LogP contribution in [0.1, 0.15) is 26.2 Å². The predicted octanol–water partition coefficient (Wildman–Crippen LogP) is 0.903. The summed E-state index contributed by atoms with van der Waals surface area (Å²) in [6.45, 7) is 2.70. The first-order valence-electron chi connectivity index (χ1n) is 3.66. The molecule has 1 fully saturated rings. The molecule has 1 aliphatic carbocycles. The first-order chi connectivity index (χ1) is 4.29. The van der Waals surface area contributed by atoms with Crippen molar-refractivity contribution in [2.24, 2.45) is 5.73 Å². The maximum Gasteiger partial charge on any atom is 0.0618 e. The number of hydrogen-bond donors (Lipinski definition) is 1. The van der Waals surface area contributed by atoms with Gasteiger partial charge in [0.15, 0.2) is 0 Å². The fourth-order valence-corrected chi connectivity index (χ4v) is 0.825. The van der Waals surface area contributed by atoms with Gasteiger partial charge in [-0.2, -0.15) is 0 Å². The molecule has 1 aliphatic rings. The highest BCUT2D eigenvalue weighted by molar-refractivity contribution is 4.69. The Balaban J connectivity index is 1.91. The van der Waals surface area contributed by atoms with Gasteiger partial charge in [-0.1, -0.05) is 0 Å². The highest BCUT2D eigenvalue weighted by Crippen LogP contribution is 2.21. The molecule has 9 heavy (non-hydrogen) atoms. The van der Waals surface area contributed by atoms with Gasteiger partial charge >= 0.3 is 0 Å². The topological polar surface area (TPSA) is 35.2 Å². The highest BCUT2D eigenvalue weighted by Gasteiger charge is 2.17. The van der Waals surface area contributed by atoms with Gasteiger partial charge in [-0.05, 0) is 26.2 Å². The summed E-state index contributed by atoms with van der Waals surface area (Å²) in [5.41, 5.74) is 5.49. The van der Waals surface area contributed by atoms with E-state index in [9.17, 15) is 0 Å². The molecule has 54 valence electrons. The molecule has 1 atom stereocenters. The van der Waals surface area contributed by atoms with Crippen LogP contribution < -0.4 is 5.73 Å². The van der Waals surface area contributed by atoms with Gasteiger partial charge in [0.25, 0.3) is 0 Å². The lowest BCUT2D eigenvalue weighted by molar-refractivity contribution is -0.00235. The quantitative estimate of drug-likeness (QED) is 0.614. The molecule has 1 rings (SSSR count). The standard InChI is InChI=1S/C7H15NO/c1-6(8)5-9-7-3-2-4-7/h6-7H,2-5,8H2,1H3/t6-/m1/s1. The Morgan fingerprint density at radius 3 is 2.67 bits per heavy atom. The molecule has 0 heterocycles. The minimum atomic E-state index is 0.200. The van der Waals surface area contributed by atoms with Crippen LogP contribution in [-0.4, -0.2) is 18.8 Å². The maximum atomic E-state index is 5.49. The molecule has 0 bridgehead atoms. The van der Waals surface area contributed by atoms with Gasteiger partial charge in [-0.15, -0.1) is 0 Å². The molecule has 0 amide bonds. The van der Waals surface area contributed by atoms with E-state index in [2.05, 4.69) is 0 Å². The summed E-state index contributed by atoms with van der Waals surface area (Å²) < 4.78 is 5.41. The van der Waals surface area contributed by atoms with Crippen LogP contribution >= 0.6 is 0 Å². The van der Waals surface area contributed by atoms with Crippen molar-refractivity contribution in [1.82, 2.24) is 0 Å². The van der Waals surface area contributed by atoms with Crippen molar-refractivity contribution < 1.29 is 4.74 Å². The SMILES string of the molecule is C[C@@H](N)COC1CCC1. The molecule has 0 saturated heterocycles. The monoisotopic (exact) mass is 129 g/mol. The Bertz CT molecular complexity index is 79.0. The second-order valence-corrected chi connectivity index (χ2v) is 2.86. The lowest BCUT2D eigenvalue weighted by Crippen LogP contribution is -2.29. The van der Waals surface area contributed by atoms with E-state index in [1.807, 2.05) is 6.92 Å². The molecule has 0 aromatic rings. The minimum absolute atomic E-state index is 0.200.